The van der Waals surface area contributed by atoms with Gasteiger partial charge in [0.25, 0.3) is 0 Å². The lowest BCUT2D eigenvalue weighted by molar-refractivity contribution is 0.167. The molecule has 2 aromatic rings. The molecule has 2 unspecified atom stereocenters. The Kier molecular flexibility index (Phi) is 3.48. The van der Waals surface area contributed by atoms with E-state index < -0.39 is 5.69 Å². The summed E-state index contributed by atoms with van der Waals surface area (Å²) in [6, 6.07) is 8.93. The minimum absolute atomic E-state index is 0.255. The molecule has 1 aliphatic heterocycles. The van der Waals surface area contributed by atoms with E-state index in [9.17, 15) is 9.59 Å². The summed E-state index contributed by atoms with van der Waals surface area (Å²) in [5.41, 5.74) is 0.0916. The van der Waals surface area contributed by atoms with Gasteiger partial charge in [0.1, 0.15) is 0 Å². The number of tetrazole rings is 1. The first kappa shape index (κ1) is 14.2. The summed E-state index contributed by atoms with van der Waals surface area (Å²) < 4.78 is 2.05. The van der Waals surface area contributed by atoms with Gasteiger partial charge in [0.2, 0.25) is 0 Å². The third kappa shape index (κ3) is 2.36. The zero-order valence-electron chi connectivity index (χ0n) is 12.8. The van der Waals surface area contributed by atoms with Gasteiger partial charge >= 0.3 is 11.7 Å². The number of carbonyl (C=O) groups is 1. The third-order valence-corrected chi connectivity index (χ3v) is 5.02. The molecule has 1 saturated heterocycles. The van der Waals surface area contributed by atoms with Crippen LogP contribution in [0.3, 0.4) is 0 Å². The van der Waals surface area contributed by atoms with Gasteiger partial charge in [0.15, 0.2) is 0 Å². The Hall–Kier alpha value is -2.44. The van der Waals surface area contributed by atoms with Gasteiger partial charge < -0.3 is 4.90 Å². The van der Waals surface area contributed by atoms with Crippen molar-refractivity contribution in [1.82, 2.24) is 24.7 Å². The van der Waals surface area contributed by atoms with Gasteiger partial charge in [-0.15, -0.1) is 4.68 Å². The smallest absolute Gasteiger partial charge is 0.319 e. The molecule has 4 rings (SSSR count). The number of nitrogens with zero attached hydrogens (tertiary/aromatic N) is 5. The van der Waals surface area contributed by atoms with Crippen LogP contribution < -0.4 is 5.69 Å². The molecule has 1 aromatic carbocycles. The van der Waals surface area contributed by atoms with E-state index in [1.54, 1.807) is 12.1 Å². The number of likely N-dealkylation sites (tertiary alicyclic amines) is 1. The van der Waals surface area contributed by atoms with Gasteiger partial charge in [-0.1, -0.05) is 31.0 Å². The molecule has 120 valence electrons. The molecular formula is C16H19N5O2. The van der Waals surface area contributed by atoms with E-state index in [1.165, 1.54) is 12.8 Å². The maximum absolute atomic E-state index is 12.7. The van der Waals surface area contributed by atoms with Crippen LogP contribution in [0.2, 0.25) is 0 Å². The highest BCUT2D eigenvalue weighted by atomic mass is 16.2. The molecule has 0 radical (unpaired) electrons. The second-order valence-corrected chi connectivity index (χ2v) is 6.30. The summed E-state index contributed by atoms with van der Waals surface area (Å²) in [6.07, 6.45) is 5.62. The average molecular weight is 313 g/mol. The molecule has 7 heteroatoms. The van der Waals surface area contributed by atoms with Crippen molar-refractivity contribution in [3.8, 4) is 5.69 Å². The Balaban J connectivity index is 1.63. The minimum Gasteiger partial charge on any atom is -0.319 e. The number of para-hydroxylation sites is 1. The van der Waals surface area contributed by atoms with Crippen LogP contribution in [0.4, 0.5) is 4.79 Å². The first-order valence-electron chi connectivity index (χ1n) is 8.17. The van der Waals surface area contributed by atoms with E-state index in [1.807, 2.05) is 23.1 Å². The Morgan fingerprint density at radius 2 is 1.83 bits per heavy atom. The van der Waals surface area contributed by atoms with Crippen molar-refractivity contribution in [2.45, 2.75) is 38.1 Å². The maximum atomic E-state index is 12.7. The van der Waals surface area contributed by atoms with Crippen LogP contribution in [-0.2, 0) is 0 Å². The van der Waals surface area contributed by atoms with Gasteiger partial charge in [-0.2, -0.15) is 4.68 Å². The Morgan fingerprint density at radius 1 is 1.04 bits per heavy atom. The number of aromatic nitrogens is 4. The topological polar surface area (TPSA) is 73.0 Å². The molecule has 1 saturated carbocycles. The van der Waals surface area contributed by atoms with Crippen LogP contribution in [0.15, 0.2) is 35.1 Å². The summed E-state index contributed by atoms with van der Waals surface area (Å²) in [7, 11) is 0. The van der Waals surface area contributed by atoms with Crippen LogP contribution in [0.1, 0.15) is 32.1 Å². The number of carbonyl (C=O) groups excluding carboxylic acids is 1. The molecular weight excluding hydrogens is 294 g/mol. The van der Waals surface area contributed by atoms with Gasteiger partial charge in [-0.3, -0.25) is 0 Å². The van der Waals surface area contributed by atoms with Crippen molar-refractivity contribution >= 4 is 6.03 Å². The molecule has 23 heavy (non-hydrogen) atoms. The van der Waals surface area contributed by atoms with Crippen LogP contribution in [0, 0.1) is 5.92 Å². The molecule has 2 heterocycles. The lowest BCUT2D eigenvalue weighted by Crippen LogP contribution is -2.45. The molecule has 0 spiro atoms. The second-order valence-electron chi connectivity index (χ2n) is 6.30. The molecule has 2 atom stereocenters. The zero-order chi connectivity index (χ0) is 15.8. The number of rotatable bonds is 1. The van der Waals surface area contributed by atoms with E-state index in [0.29, 0.717) is 18.2 Å². The highest BCUT2D eigenvalue weighted by molar-refractivity contribution is 5.76. The number of hydrogen-bond donors (Lipinski definition) is 0. The predicted octanol–water partition coefficient (Wildman–Crippen LogP) is 1.66. The molecule has 1 aromatic heterocycles. The third-order valence-electron chi connectivity index (χ3n) is 5.02. The van der Waals surface area contributed by atoms with E-state index in [2.05, 4.69) is 10.4 Å². The van der Waals surface area contributed by atoms with E-state index in [0.717, 1.165) is 28.6 Å². The summed E-state index contributed by atoms with van der Waals surface area (Å²) in [4.78, 5) is 27.0. The molecule has 2 aliphatic rings. The number of hydrogen-bond acceptors (Lipinski definition) is 4. The van der Waals surface area contributed by atoms with E-state index >= 15 is 0 Å². The van der Waals surface area contributed by atoms with Crippen molar-refractivity contribution < 1.29 is 4.79 Å². The summed E-state index contributed by atoms with van der Waals surface area (Å²) in [6.45, 7) is 0.707. The molecule has 0 N–H and O–H groups in total. The molecule has 2 fully saturated rings. The summed E-state index contributed by atoms with van der Waals surface area (Å²) >= 11 is 0. The fraction of sp³-hybridized carbons (Fsp3) is 0.500. The lowest BCUT2D eigenvalue weighted by Gasteiger charge is -2.30. The molecule has 7 nitrogen and oxygen atoms in total. The fourth-order valence-corrected chi connectivity index (χ4v) is 3.86. The average Bonchev–Trinajstić information content (AvgIpc) is 3.19. The lowest BCUT2D eigenvalue weighted by atomic mass is 9.85. The van der Waals surface area contributed by atoms with Crippen LogP contribution in [0.25, 0.3) is 5.69 Å². The number of fused-ring (bicyclic) bond motifs is 1. The highest BCUT2D eigenvalue weighted by Gasteiger charge is 2.39. The van der Waals surface area contributed by atoms with Gasteiger partial charge in [0.05, 0.1) is 5.69 Å². The molecule has 1 amide bonds. The van der Waals surface area contributed by atoms with Gasteiger partial charge in [-0.05, 0) is 47.7 Å². The van der Waals surface area contributed by atoms with Crippen LogP contribution in [0.5, 0.6) is 0 Å². The van der Waals surface area contributed by atoms with Crippen molar-refractivity contribution in [1.29, 1.82) is 0 Å². The Labute approximate surface area is 133 Å². The van der Waals surface area contributed by atoms with Gasteiger partial charge in [-0.25, -0.2) is 9.59 Å². The zero-order valence-corrected chi connectivity index (χ0v) is 12.8. The van der Waals surface area contributed by atoms with Crippen molar-refractivity contribution in [3.05, 3.63) is 40.8 Å². The van der Waals surface area contributed by atoms with Crippen molar-refractivity contribution in [3.63, 3.8) is 0 Å². The first-order chi connectivity index (χ1) is 11.3. The molecule has 1 aliphatic carbocycles. The summed E-state index contributed by atoms with van der Waals surface area (Å²) in [5, 5.41) is 7.65. The number of amides is 1. The van der Waals surface area contributed by atoms with Gasteiger partial charge in [0, 0.05) is 12.6 Å². The van der Waals surface area contributed by atoms with Crippen molar-refractivity contribution in [2.75, 3.05) is 6.54 Å². The summed E-state index contributed by atoms with van der Waals surface area (Å²) in [5.74, 6) is 0.576. The SMILES string of the molecule is O=C(N1CCC2CCCCC21)n1nnn(-c2ccccc2)c1=O. The Morgan fingerprint density at radius 3 is 2.65 bits per heavy atom. The number of benzene rings is 1. The quantitative estimate of drug-likeness (QED) is 0.751. The van der Waals surface area contributed by atoms with Crippen molar-refractivity contribution in [2.24, 2.45) is 5.92 Å². The minimum atomic E-state index is -0.513. The molecule has 0 bridgehead atoms. The monoisotopic (exact) mass is 313 g/mol. The van der Waals surface area contributed by atoms with Crippen LogP contribution >= 0.6 is 0 Å². The first-order valence-corrected chi connectivity index (χ1v) is 8.17. The Bertz CT molecular complexity index is 766. The van der Waals surface area contributed by atoms with Crippen LogP contribution in [-0.4, -0.2) is 43.3 Å². The van der Waals surface area contributed by atoms with E-state index in [4.69, 9.17) is 0 Å². The fourth-order valence-electron chi connectivity index (χ4n) is 3.86. The second kappa shape index (κ2) is 5.64. The highest BCUT2D eigenvalue weighted by Crippen LogP contribution is 2.36. The van der Waals surface area contributed by atoms with E-state index in [-0.39, 0.29) is 12.1 Å². The largest absolute Gasteiger partial charge is 0.377 e. The maximum Gasteiger partial charge on any atom is 0.377 e. The standard InChI is InChI=1S/C16H19N5O2/c22-15(19-11-10-12-6-4-5-9-14(12)19)21-16(23)20(17-18-21)13-7-2-1-3-8-13/h1-3,7-8,12,14H,4-6,9-11H2. The normalized spacial score (nSPS) is 23.7. The predicted molar refractivity (Wildman–Crippen MR) is 83.5 cm³/mol.